The zero-order valence-electron chi connectivity index (χ0n) is 9.86. The van der Waals surface area contributed by atoms with Gasteiger partial charge in [-0.1, -0.05) is 0 Å². The van der Waals surface area contributed by atoms with E-state index in [9.17, 15) is 9.59 Å². The lowest BCUT2D eigenvalue weighted by atomic mass is 10.1. The molecule has 0 aliphatic heterocycles. The Morgan fingerprint density at radius 1 is 1.35 bits per heavy atom. The number of Topliss-reactive ketones (excluding diaryl/α,β-unsaturated/α-hetero) is 1. The standard InChI is InChI=1S/C13H14N2O2/c1-9(8-14)7-13(17)15-12-5-3-11(4-6-12)10(2)16/h3-6,9H,7H2,1-2H3,(H,15,17). The molecule has 1 aromatic rings. The Kier molecular flexibility index (Phi) is 4.41. The average Bonchev–Trinajstić information content (AvgIpc) is 2.29. The number of anilines is 1. The Labute approximate surface area is 100 Å². The number of amides is 1. The second-order valence-corrected chi connectivity index (χ2v) is 3.92. The number of hydrogen-bond acceptors (Lipinski definition) is 3. The van der Waals surface area contributed by atoms with Crippen LogP contribution in [0.5, 0.6) is 0 Å². The minimum Gasteiger partial charge on any atom is -0.326 e. The zero-order chi connectivity index (χ0) is 12.8. The van der Waals surface area contributed by atoms with Crippen LogP contribution in [0.15, 0.2) is 24.3 Å². The first kappa shape index (κ1) is 12.9. The first-order valence-electron chi connectivity index (χ1n) is 5.33. The molecule has 1 unspecified atom stereocenters. The van der Waals surface area contributed by atoms with Gasteiger partial charge in [0.25, 0.3) is 0 Å². The number of nitrogens with one attached hydrogen (secondary N) is 1. The fourth-order valence-electron chi connectivity index (χ4n) is 1.32. The van der Waals surface area contributed by atoms with E-state index in [0.717, 1.165) is 0 Å². The second-order valence-electron chi connectivity index (χ2n) is 3.92. The highest BCUT2D eigenvalue weighted by atomic mass is 16.1. The fourth-order valence-corrected chi connectivity index (χ4v) is 1.32. The first-order valence-corrected chi connectivity index (χ1v) is 5.33. The summed E-state index contributed by atoms with van der Waals surface area (Å²) in [6.07, 6.45) is 0.172. The number of nitrogens with zero attached hydrogens (tertiary/aromatic N) is 1. The van der Waals surface area contributed by atoms with Gasteiger partial charge in [0, 0.05) is 17.7 Å². The summed E-state index contributed by atoms with van der Waals surface area (Å²) in [5.41, 5.74) is 1.23. The molecular weight excluding hydrogens is 216 g/mol. The van der Waals surface area contributed by atoms with Crippen LogP contribution >= 0.6 is 0 Å². The predicted molar refractivity (Wildman–Crippen MR) is 64.5 cm³/mol. The predicted octanol–water partition coefficient (Wildman–Crippen LogP) is 2.38. The van der Waals surface area contributed by atoms with Gasteiger partial charge in [-0.3, -0.25) is 9.59 Å². The van der Waals surface area contributed by atoms with Crippen LogP contribution in [0.3, 0.4) is 0 Å². The summed E-state index contributed by atoms with van der Waals surface area (Å²) in [5, 5.41) is 11.3. The average molecular weight is 230 g/mol. The molecule has 1 aromatic carbocycles. The molecule has 1 atom stereocenters. The van der Waals surface area contributed by atoms with Crippen molar-refractivity contribution in [2.75, 3.05) is 5.32 Å². The maximum atomic E-state index is 11.5. The summed E-state index contributed by atoms with van der Waals surface area (Å²) in [5.74, 6) is -0.512. The summed E-state index contributed by atoms with van der Waals surface area (Å²) in [4.78, 5) is 22.5. The molecule has 0 aliphatic carbocycles. The Balaban J connectivity index is 2.61. The van der Waals surface area contributed by atoms with Gasteiger partial charge in [-0.05, 0) is 38.1 Å². The van der Waals surface area contributed by atoms with Gasteiger partial charge in [0.05, 0.1) is 12.0 Å². The quantitative estimate of drug-likeness (QED) is 0.807. The van der Waals surface area contributed by atoms with E-state index in [1.54, 1.807) is 31.2 Å². The molecule has 4 heteroatoms. The lowest BCUT2D eigenvalue weighted by Gasteiger charge is -2.06. The number of rotatable bonds is 4. The maximum Gasteiger partial charge on any atom is 0.225 e. The molecule has 1 amide bonds. The van der Waals surface area contributed by atoms with E-state index in [0.29, 0.717) is 11.3 Å². The summed E-state index contributed by atoms with van der Waals surface area (Å²) in [6, 6.07) is 8.66. The minimum atomic E-state index is -0.300. The van der Waals surface area contributed by atoms with E-state index in [2.05, 4.69) is 5.32 Å². The molecule has 4 nitrogen and oxygen atoms in total. The second kappa shape index (κ2) is 5.80. The van der Waals surface area contributed by atoms with Crippen molar-refractivity contribution in [1.29, 1.82) is 5.26 Å². The molecule has 0 saturated heterocycles. The van der Waals surface area contributed by atoms with Crippen LogP contribution < -0.4 is 5.32 Å². The number of benzene rings is 1. The smallest absolute Gasteiger partial charge is 0.225 e. The van der Waals surface area contributed by atoms with E-state index in [1.165, 1.54) is 6.92 Å². The highest BCUT2D eigenvalue weighted by Crippen LogP contribution is 2.11. The highest BCUT2D eigenvalue weighted by molar-refractivity contribution is 5.95. The molecule has 0 spiro atoms. The van der Waals surface area contributed by atoms with Crippen LogP contribution in [-0.2, 0) is 4.79 Å². The Hall–Kier alpha value is -2.15. The number of carbonyl (C=O) groups is 2. The van der Waals surface area contributed by atoms with Crippen LogP contribution in [0.25, 0.3) is 0 Å². The van der Waals surface area contributed by atoms with Gasteiger partial charge >= 0.3 is 0 Å². The summed E-state index contributed by atoms with van der Waals surface area (Å²) >= 11 is 0. The van der Waals surface area contributed by atoms with Crippen molar-refractivity contribution in [2.24, 2.45) is 5.92 Å². The van der Waals surface area contributed by atoms with E-state index in [4.69, 9.17) is 5.26 Å². The summed E-state index contributed by atoms with van der Waals surface area (Å²) < 4.78 is 0. The largest absolute Gasteiger partial charge is 0.326 e. The van der Waals surface area contributed by atoms with Crippen LogP contribution in [0.4, 0.5) is 5.69 Å². The van der Waals surface area contributed by atoms with E-state index >= 15 is 0 Å². The van der Waals surface area contributed by atoms with E-state index < -0.39 is 0 Å². The van der Waals surface area contributed by atoms with Crippen molar-refractivity contribution in [3.63, 3.8) is 0 Å². The molecule has 0 saturated carbocycles. The number of hydrogen-bond donors (Lipinski definition) is 1. The third-order valence-corrected chi connectivity index (χ3v) is 2.29. The van der Waals surface area contributed by atoms with Crippen LogP contribution in [-0.4, -0.2) is 11.7 Å². The molecule has 0 aliphatic rings. The topological polar surface area (TPSA) is 70.0 Å². The zero-order valence-corrected chi connectivity index (χ0v) is 9.86. The van der Waals surface area contributed by atoms with Crippen LogP contribution in [0.1, 0.15) is 30.6 Å². The Bertz CT molecular complexity index is 457. The van der Waals surface area contributed by atoms with Gasteiger partial charge < -0.3 is 5.32 Å². The lowest BCUT2D eigenvalue weighted by molar-refractivity contribution is -0.116. The van der Waals surface area contributed by atoms with Gasteiger partial charge in [-0.25, -0.2) is 0 Å². The summed E-state index contributed by atoms with van der Waals surface area (Å²) in [7, 11) is 0. The van der Waals surface area contributed by atoms with Crippen molar-refractivity contribution < 1.29 is 9.59 Å². The molecule has 1 rings (SSSR count). The molecule has 17 heavy (non-hydrogen) atoms. The van der Waals surface area contributed by atoms with Crippen LogP contribution in [0.2, 0.25) is 0 Å². The Morgan fingerprint density at radius 2 is 1.94 bits per heavy atom. The van der Waals surface area contributed by atoms with Crippen molar-refractivity contribution in [1.82, 2.24) is 0 Å². The van der Waals surface area contributed by atoms with Gasteiger partial charge in [0.2, 0.25) is 5.91 Å². The summed E-state index contributed by atoms with van der Waals surface area (Å²) in [6.45, 7) is 3.18. The number of nitriles is 1. The Morgan fingerprint density at radius 3 is 2.41 bits per heavy atom. The molecule has 0 fully saturated rings. The first-order chi connectivity index (χ1) is 8.02. The van der Waals surface area contributed by atoms with Crippen molar-refractivity contribution in [3.8, 4) is 6.07 Å². The fraction of sp³-hybridized carbons (Fsp3) is 0.308. The normalized spacial score (nSPS) is 11.4. The van der Waals surface area contributed by atoms with Crippen molar-refractivity contribution in [2.45, 2.75) is 20.3 Å². The molecular formula is C13H14N2O2. The maximum absolute atomic E-state index is 11.5. The molecule has 1 N–H and O–H groups in total. The van der Waals surface area contributed by atoms with Crippen LogP contribution in [0, 0.1) is 17.2 Å². The van der Waals surface area contributed by atoms with E-state index in [-0.39, 0.29) is 24.0 Å². The highest BCUT2D eigenvalue weighted by Gasteiger charge is 2.08. The number of ketones is 1. The van der Waals surface area contributed by atoms with Crippen molar-refractivity contribution in [3.05, 3.63) is 29.8 Å². The van der Waals surface area contributed by atoms with E-state index in [1.807, 2.05) is 6.07 Å². The van der Waals surface area contributed by atoms with Crippen molar-refractivity contribution >= 4 is 17.4 Å². The monoisotopic (exact) mass is 230 g/mol. The van der Waals surface area contributed by atoms with Gasteiger partial charge in [-0.15, -0.1) is 0 Å². The lowest BCUT2D eigenvalue weighted by Crippen LogP contribution is -2.14. The third-order valence-electron chi connectivity index (χ3n) is 2.29. The van der Waals surface area contributed by atoms with Gasteiger partial charge in [0.15, 0.2) is 5.78 Å². The molecule has 0 heterocycles. The minimum absolute atomic E-state index is 0.0130. The van der Waals surface area contributed by atoms with Gasteiger partial charge in [0.1, 0.15) is 0 Å². The molecule has 0 aromatic heterocycles. The molecule has 88 valence electrons. The SMILES string of the molecule is CC(=O)c1ccc(NC(=O)CC(C)C#N)cc1. The third kappa shape index (κ3) is 4.07. The number of carbonyl (C=O) groups excluding carboxylic acids is 2. The molecule has 0 radical (unpaired) electrons. The van der Waals surface area contributed by atoms with Gasteiger partial charge in [-0.2, -0.15) is 5.26 Å². The molecule has 0 bridgehead atoms.